The van der Waals surface area contributed by atoms with Crippen molar-refractivity contribution in [3.63, 3.8) is 0 Å². The number of nitrogens with one attached hydrogen (secondary N) is 3. The zero-order valence-electron chi connectivity index (χ0n) is 9.61. The van der Waals surface area contributed by atoms with Crippen molar-refractivity contribution in [1.29, 1.82) is 0 Å². The van der Waals surface area contributed by atoms with Crippen LogP contribution in [0.4, 0.5) is 10.1 Å². The Morgan fingerprint density at radius 1 is 1.22 bits per heavy atom. The third-order valence-corrected chi connectivity index (χ3v) is 2.57. The van der Waals surface area contributed by atoms with Crippen molar-refractivity contribution < 1.29 is 9.37 Å². The highest BCUT2D eigenvalue weighted by atomic mass is 32.1. The quantitative estimate of drug-likeness (QED) is 0.832. The van der Waals surface area contributed by atoms with E-state index in [4.69, 9.17) is 12.2 Å². The molecule has 3 N–H and O–H groups in total. The van der Waals surface area contributed by atoms with Gasteiger partial charge in [-0.1, -0.05) is 0 Å². The lowest BCUT2D eigenvalue weighted by Gasteiger charge is -2.09. The lowest BCUT2D eigenvalue weighted by molar-refractivity contribution is -0.378. The Labute approximate surface area is 110 Å². The lowest BCUT2D eigenvalue weighted by atomic mass is 10.3. The second-order valence-corrected chi connectivity index (χ2v) is 4.13. The number of H-pyrrole nitrogens is 1. The molecule has 1 heterocycles. The predicted octanol–water partition coefficient (Wildman–Crippen LogP) is 2.13. The summed E-state index contributed by atoms with van der Waals surface area (Å²) in [7, 11) is 0. The van der Waals surface area contributed by atoms with Gasteiger partial charge in [0.05, 0.1) is 0 Å². The summed E-state index contributed by atoms with van der Waals surface area (Å²) in [6, 6.07) is 9.96. The van der Waals surface area contributed by atoms with Crippen LogP contribution in [-0.2, 0) is 6.54 Å². The van der Waals surface area contributed by atoms with Crippen LogP contribution in [0.25, 0.3) is 0 Å². The van der Waals surface area contributed by atoms with Crippen molar-refractivity contribution in [3.05, 3.63) is 60.2 Å². The Hall–Kier alpha value is -2.01. The Morgan fingerprint density at radius 3 is 2.67 bits per heavy atom. The molecule has 0 amide bonds. The number of hydrogen-bond acceptors (Lipinski definition) is 1. The van der Waals surface area contributed by atoms with Crippen LogP contribution >= 0.6 is 12.2 Å². The number of halogens is 1. The summed E-state index contributed by atoms with van der Waals surface area (Å²) < 4.78 is 12.7. The Kier molecular flexibility index (Phi) is 4.20. The van der Waals surface area contributed by atoms with Crippen LogP contribution in [0.1, 0.15) is 5.56 Å². The molecule has 2 rings (SSSR count). The molecule has 0 bridgehead atoms. The molecule has 0 saturated heterocycles. The van der Waals surface area contributed by atoms with Crippen LogP contribution in [0.5, 0.6) is 0 Å². The molecule has 0 fully saturated rings. The summed E-state index contributed by atoms with van der Waals surface area (Å²) in [5.41, 5.74) is 1.86. The average molecular weight is 262 g/mol. The van der Waals surface area contributed by atoms with Gasteiger partial charge in [-0.3, -0.25) is 0 Å². The number of thiocarbonyl (C=S) groups is 1. The van der Waals surface area contributed by atoms with E-state index in [1.807, 2.05) is 24.5 Å². The molecular weight excluding hydrogens is 249 g/mol. The minimum Gasteiger partial charge on any atom is -0.358 e. The van der Waals surface area contributed by atoms with Crippen LogP contribution in [0, 0.1) is 5.82 Å². The number of anilines is 1. The van der Waals surface area contributed by atoms with E-state index >= 15 is 0 Å². The van der Waals surface area contributed by atoms with Crippen molar-refractivity contribution in [1.82, 2.24) is 5.32 Å². The van der Waals surface area contributed by atoms with Gasteiger partial charge in [0.15, 0.2) is 17.5 Å². The molecule has 0 atom stereocenters. The van der Waals surface area contributed by atoms with Crippen LogP contribution in [0.2, 0.25) is 0 Å². The fourth-order valence-corrected chi connectivity index (χ4v) is 1.62. The third kappa shape index (κ3) is 3.78. The van der Waals surface area contributed by atoms with Gasteiger partial charge in [-0.05, 0) is 42.5 Å². The maximum Gasteiger partial charge on any atom is 0.171 e. The molecule has 92 valence electrons. The van der Waals surface area contributed by atoms with E-state index in [0.29, 0.717) is 11.7 Å². The van der Waals surface area contributed by atoms with Gasteiger partial charge in [-0.15, -0.1) is 0 Å². The van der Waals surface area contributed by atoms with Crippen molar-refractivity contribution >= 4 is 23.0 Å². The van der Waals surface area contributed by atoms with Crippen molar-refractivity contribution in [2.45, 2.75) is 6.54 Å². The van der Waals surface area contributed by atoms with Crippen LogP contribution in [-0.4, -0.2) is 5.11 Å². The molecule has 0 saturated carbocycles. The molecule has 18 heavy (non-hydrogen) atoms. The average Bonchev–Trinajstić information content (AvgIpc) is 2.40. The molecule has 0 aliphatic rings. The van der Waals surface area contributed by atoms with E-state index in [9.17, 15) is 4.39 Å². The summed E-state index contributed by atoms with van der Waals surface area (Å²) in [6.45, 7) is 0.629. The monoisotopic (exact) mass is 262 g/mol. The standard InChI is InChI=1S/C13H12FN3S/c14-11-3-5-12(6-4-11)17-13(18)16-9-10-2-1-7-15-8-10/h1-8H,9H2,(H2,16,17,18)/p+1. The van der Waals surface area contributed by atoms with Gasteiger partial charge in [0, 0.05) is 23.9 Å². The minimum absolute atomic E-state index is 0.265. The van der Waals surface area contributed by atoms with Gasteiger partial charge < -0.3 is 10.6 Å². The first-order valence-corrected chi connectivity index (χ1v) is 5.90. The second-order valence-electron chi connectivity index (χ2n) is 3.73. The maximum atomic E-state index is 12.7. The van der Waals surface area contributed by atoms with Gasteiger partial charge >= 0.3 is 0 Å². The fraction of sp³-hybridized carbons (Fsp3) is 0.0769. The van der Waals surface area contributed by atoms with Crippen LogP contribution < -0.4 is 15.6 Å². The normalized spacial score (nSPS) is 9.83. The third-order valence-electron chi connectivity index (χ3n) is 2.33. The topological polar surface area (TPSA) is 38.2 Å². The van der Waals surface area contributed by atoms with Crippen LogP contribution in [0.3, 0.4) is 0 Å². The molecule has 0 radical (unpaired) electrons. The number of aromatic nitrogens is 1. The molecular formula is C13H13FN3S+. The number of benzene rings is 1. The second kappa shape index (κ2) is 6.07. The summed E-state index contributed by atoms with van der Waals surface area (Å²) in [5, 5.41) is 6.56. The summed E-state index contributed by atoms with van der Waals surface area (Å²) in [5.74, 6) is -0.265. The van der Waals surface area contributed by atoms with Crippen molar-refractivity contribution in [2.75, 3.05) is 5.32 Å². The molecule has 5 heteroatoms. The van der Waals surface area contributed by atoms with E-state index in [1.54, 1.807) is 12.1 Å². The van der Waals surface area contributed by atoms with Crippen LogP contribution in [0.15, 0.2) is 48.8 Å². The number of rotatable bonds is 3. The molecule has 0 aliphatic carbocycles. The highest BCUT2D eigenvalue weighted by Crippen LogP contribution is 2.07. The predicted molar refractivity (Wildman–Crippen MR) is 72.5 cm³/mol. The van der Waals surface area contributed by atoms with Crippen molar-refractivity contribution in [3.8, 4) is 0 Å². The number of pyridine rings is 1. The van der Waals surface area contributed by atoms with E-state index < -0.39 is 0 Å². The van der Waals surface area contributed by atoms with Gasteiger partial charge in [0.25, 0.3) is 0 Å². The minimum atomic E-state index is -0.265. The highest BCUT2D eigenvalue weighted by molar-refractivity contribution is 7.80. The first kappa shape index (κ1) is 12.4. The Bertz CT molecular complexity index is 514. The fourth-order valence-electron chi connectivity index (χ4n) is 1.43. The molecule has 2 aromatic rings. The summed E-state index contributed by atoms with van der Waals surface area (Å²) >= 11 is 5.14. The van der Waals surface area contributed by atoms with Gasteiger partial charge in [-0.25, -0.2) is 9.37 Å². The molecule has 1 aromatic carbocycles. The largest absolute Gasteiger partial charge is 0.358 e. The lowest BCUT2D eigenvalue weighted by Crippen LogP contribution is -2.28. The summed E-state index contributed by atoms with van der Waals surface area (Å²) in [6.07, 6.45) is 3.74. The first-order chi connectivity index (χ1) is 8.74. The highest BCUT2D eigenvalue weighted by Gasteiger charge is 1.99. The molecule has 3 nitrogen and oxygen atoms in total. The molecule has 0 aliphatic heterocycles. The van der Waals surface area contributed by atoms with E-state index in [-0.39, 0.29) is 5.82 Å². The van der Waals surface area contributed by atoms with E-state index in [2.05, 4.69) is 15.6 Å². The molecule has 1 aromatic heterocycles. The van der Waals surface area contributed by atoms with E-state index in [1.165, 1.54) is 12.1 Å². The van der Waals surface area contributed by atoms with Crippen molar-refractivity contribution in [2.24, 2.45) is 0 Å². The van der Waals surface area contributed by atoms with Gasteiger partial charge in [0.1, 0.15) is 5.82 Å². The SMILES string of the molecule is Fc1ccc(NC(=S)NCc2ccc[nH+]c2)cc1. The number of aromatic amines is 1. The summed E-state index contributed by atoms with van der Waals surface area (Å²) in [4.78, 5) is 3.00. The molecule has 0 spiro atoms. The number of hydrogen-bond donors (Lipinski definition) is 2. The smallest absolute Gasteiger partial charge is 0.171 e. The maximum absolute atomic E-state index is 12.7. The van der Waals surface area contributed by atoms with Gasteiger partial charge in [-0.2, -0.15) is 0 Å². The Morgan fingerprint density at radius 2 is 2.00 bits per heavy atom. The first-order valence-electron chi connectivity index (χ1n) is 5.49. The van der Waals surface area contributed by atoms with E-state index in [0.717, 1.165) is 11.3 Å². The van der Waals surface area contributed by atoms with Gasteiger partial charge in [0.2, 0.25) is 0 Å². The Balaban J connectivity index is 1.84. The zero-order valence-corrected chi connectivity index (χ0v) is 10.4. The zero-order chi connectivity index (χ0) is 12.8. The molecule has 0 unspecified atom stereocenters.